The van der Waals surface area contributed by atoms with Crippen molar-refractivity contribution >= 4 is 17.3 Å². The molecule has 3 rings (SSSR count). The quantitative estimate of drug-likeness (QED) is 0.428. The fraction of sp³-hybridized carbons (Fsp3) is 0.100. The van der Waals surface area contributed by atoms with Gasteiger partial charge in [0, 0.05) is 26.3 Å². The van der Waals surface area contributed by atoms with E-state index >= 15 is 4.39 Å². The molecule has 0 saturated carbocycles. The van der Waals surface area contributed by atoms with Gasteiger partial charge in [-0.2, -0.15) is 0 Å². The first-order valence-corrected chi connectivity index (χ1v) is 8.01. The lowest BCUT2D eigenvalue weighted by molar-refractivity contribution is -0.384. The van der Waals surface area contributed by atoms with Crippen LogP contribution in [0.2, 0.25) is 5.02 Å². The Labute approximate surface area is 157 Å². The van der Waals surface area contributed by atoms with Gasteiger partial charge in [-0.15, -0.1) is 0 Å². The van der Waals surface area contributed by atoms with E-state index in [4.69, 9.17) is 19.1 Å². The highest BCUT2D eigenvalue weighted by atomic mass is 35.5. The molecule has 26 heavy (non-hydrogen) atoms. The van der Waals surface area contributed by atoms with Gasteiger partial charge in [-0.3, -0.25) is 10.1 Å². The van der Waals surface area contributed by atoms with Crippen molar-refractivity contribution in [2.45, 2.75) is 6.37 Å². The summed E-state index contributed by atoms with van der Waals surface area (Å²) in [5, 5.41) is 11.2. The second kappa shape index (κ2) is 7.54. The summed E-state index contributed by atoms with van der Waals surface area (Å²) in [6.07, 6.45) is -2.22. The number of methoxy groups -OCH3 is 1. The molecule has 0 aliphatic heterocycles. The summed E-state index contributed by atoms with van der Waals surface area (Å²) in [6.45, 7) is 0. The number of halogens is 2. The highest BCUT2D eigenvalue weighted by molar-refractivity contribution is 6.30. The van der Waals surface area contributed by atoms with Gasteiger partial charge in [0.2, 0.25) is 0 Å². The maximum Gasteiger partial charge on any atom is 0.269 e. The molecular weight excluding hydrogens is 357 g/mol. The number of hydrogen-bond donors (Lipinski definition) is 0. The van der Waals surface area contributed by atoms with Gasteiger partial charge in [0.25, 0.3) is 5.69 Å². The number of rotatable bonds is 5. The molecule has 3 aromatic carbocycles. The van der Waals surface area contributed by atoms with Crippen LogP contribution in [0, 0.1) is 15.9 Å². The highest BCUT2D eigenvalue weighted by Crippen LogP contribution is 2.36. The Kier molecular flexibility index (Phi) is 4.45. The minimum Gasteiger partial charge on any atom is -0.496 e. The van der Waals surface area contributed by atoms with Crippen LogP contribution in [-0.4, -0.2) is 12.0 Å². The van der Waals surface area contributed by atoms with E-state index in [9.17, 15) is 10.1 Å². The van der Waals surface area contributed by atoms with E-state index in [1.165, 1.54) is 43.5 Å². The average Bonchev–Trinajstić information content (AvgIpc) is 2.67. The molecule has 0 bridgehead atoms. The van der Waals surface area contributed by atoms with Gasteiger partial charge < -0.3 is 4.74 Å². The van der Waals surface area contributed by atoms with Crippen LogP contribution >= 0.6 is 11.6 Å². The van der Waals surface area contributed by atoms with Gasteiger partial charge in [0.05, 0.1) is 17.6 Å². The molecule has 0 heterocycles. The van der Waals surface area contributed by atoms with E-state index in [1.54, 1.807) is 24.3 Å². The van der Waals surface area contributed by atoms with E-state index in [1.807, 2.05) is 0 Å². The van der Waals surface area contributed by atoms with Crippen LogP contribution in [0.5, 0.6) is 5.75 Å². The summed E-state index contributed by atoms with van der Waals surface area (Å²) in [6, 6.07) is 14.2. The fourth-order valence-corrected chi connectivity index (χ4v) is 2.75. The molecule has 0 radical (unpaired) electrons. The van der Waals surface area contributed by atoms with Crippen LogP contribution in [0.4, 0.5) is 10.1 Å². The number of nitrogens with zero attached hydrogens (tertiary/aromatic N) is 1. The first-order valence-electron chi connectivity index (χ1n) is 8.63. The Morgan fingerprint density at radius 3 is 2.54 bits per heavy atom. The van der Waals surface area contributed by atoms with Crippen molar-refractivity contribution in [3.05, 3.63) is 92.7 Å². The molecule has 0 amide bonds. The lowest BCUT2D eigenvalue weighted by atomic mass is 9.97. The molecule has 0 N–H and O–H groups in total. The van der Waals surface area contributed by atoms with Crippen molar-refractivity contribution in [3.8, 4) is 16.9 Å². The molecule has 132 valence electrons. The van der Waals surface area contributed by atoms with E-state index in [-0.39, 0.29) is 28.1 Å². The molecule has 0 spiro atoms. The Morgan fingerprint density at radius 1 is 1.19 bits per heavy atom. The molecule has 3 aromatic rings. The molecule has 0 saturated heterocycles. The number of benzene rings is 3. The lowest BCUT2D eigenvalue weighted by Gasteiger charge is -2.14. The number of ether oxygens (including phenoxy) is 1. The molecule has 0 atom stereocenters. The van der Waals surface area contributed by atoms with E-state index in [0.717, 1.165) is 0 Å². The number of nitro groups is 1. The molecule has 4 nitrogen and oxygen atoms in total. The largest absolute Gasteiger partial charge is 0.496 e. The molecule has 0 unspecified atom stereocenters. The van der Waals surface area contributed by atoms with Gasteiger partial charge in [-0.25, -0.2) is 4.39 Å². The summed E-state index contributed by atoms with van der Waals surface area (Å²) in [5.41, 5.74) is 0.252. The van der Waals surface area contributed by atoms with Gasteiger partial charge in [-0.1, -0.05) is 41.9 Å². The second-order valence-electron chi connectivity index (χ2n) is 5.44. The molecule has 0 aromatic heterocycles. The maximum absolute atomic E-state index is 15.5. The van der Waals surface area contributed by atoms with Crippen LogP contribution in [0.25, 0.3) is 11.1 Å². The van der Waals surface area contributed by atoms with E-state index in [2.05, 4.69) is 0 Å². The Morgan fingerprint density at radius 2 is 1.92 bits per heavy atom. The monoisotopic (exact) mass is 373 g/mol. The third kappa shape index (κ3) is 3.68. The molecule has 0 fully saturated rings. The topological polar surface area (TPSA) is 52.4 Å². The third-order valence-corrected chi connectivity index (χ3v) is 4.03. The Balaban J connectivity index is 2.16. The Bertz CT molecular complexity index is 1040. The van der Waals surface area contributed by atoms with Gasteiger partial charge in [-0.05, 0) is 34.9 Å². The predicted octanol–water partition coefficient (Wildman–Crippen LogP) is 5.65. The van der Waals surface area contributed by atoms with Crippen LogP contribution in [0.15, 0.2) is 60.7 Å². The summed E-state index contributed by atoms with van der Waals surface area (Å²) >= 11 is 6.02. The summed E-state index contributed by atoms with van der Waals surface area (Å²) in [5.74, 6) is -0.548. The van der Waals surface area contributed by atoms with Crippen molar-refractivity contribution in [2.24, 2.45) is 0 Å². The highest BCUT2D eigenvalue weighted by Gasteiger charge is 2.17. The van der Waals surface area contributed by atoms with E-state index < -0.39 is 17.1 Å². The van der Waals surface area contributed by atoms with E-state index in [0.29, 0.717) is 10.6 Å². The van der Waals surface area contributed by atoms with Crippen molar-refractivity contribution in [3.63, 3.8) is 0 Å². The molecule has 0 aliphatic carbocycles. The van der Waals surface area contributed by atoms with Crippen molar-refractivity contribution < 1.29 is 16.8 Å². The summed E-state index contributed by atoms with van der Waals surface area (Å²) in [4.78, 5) is 10.2. The molecule has 6 heteroatoms. The SMILES string of the molecule is [2H]C([2H])(c1ccc([N+](=O)[O-])cc1)c1ccc(OC)c(-c2cccc(Cl)c2)c1F. The fourth-order valence-electron chi connectivity index (χ4n) is 2.56. The number of hydrogen-bond acceptors (Lipinski definition) is 3. The lowest BCUT2D eigenvalue weighted by Crippen LogP contribution is -1.99. The van der Waals surface area contributed by atoms with Crippen molar-refractivity contribution in [1.82, 2.24) is 0 Å². The predicted molar refractivity (Wildman–Crippen MR) is 99.3 cm³/mol. The van der Waals surface area contributed by atoms with Crippen LogP contribution in [0.1, 0.15) is 13.9 Å². The van der Waals surface area contributed by atoms with Gasteiger partial charge in [0.1, 0.15) is 11.6 Å². The van der Waals surface area contributed by atoms with Gasteiger partial charge >= 0.3 is 0 Å². The van der Waals surface area contributed by atoms with Crippen LogP contribution in [-0.2, 0) is 6.37 Å². The minimum atomic E-state index is -2.22. The standard InChI is InChI=1S/C20H15ClFNO3/c1-26-18-10-7-15(11-13-5-8-17(9-6-13)23(24)25)20(22)19(18)14-3-2-4-16(21)12-14/h2-10,12H,11H2,1H3/i11D2. The normalized spacial score (nSPS) is 12.3. The zero-order valence-corrected chi connectivity index (χ0v) is 14.5. The number of non-ortho nitro benzene ring substituents is 1. The zero-order chi connectivity index (χ0) is 20.5. The molecular formula is C20H15ClFNO3. The van der Waals surface area contributed by atoms with Crippen LogP contribution < -0.4 is 4.74 Å². The molecule has 0 aliphatic rings. The summed E-state index contributed by atoms with van der Waals surface area (Å²) < 4.78 is 37.6. The first-order chi connectivity index (χ1) is 13.3. The average molecular weight is 374 g/mol. The maximum atomic E-state index is 15.5. The van der Waals surface area contributed by atoms with Gasteiger partial charge in [0.15, 0.2) is 0 Å². The second-order valence-corrected chi connectivity index (χ2v) is 5.88. The zero-order valence-electron chi connectivity index (χ0n) is 15.7. The van der Waals surface area contributed by atoms with Crippen LogP contribution in [0.3, 0.4) is 0 Å². The Hall–Kier alpha value is -2.92. The van der Waals surface area contributed by atoms with Crippen molar-refractivity contribution in [1.29, 1.82) is 0 Å². The first kappa shape index (κ1) is 15.3. The van der Waals surface area contributed by atoms with Crippen molar-refractivity contribution in [2.75, 3.05) is 7.11 Å². The number of nitro benzene ring substituents is 1. The summed E-state index contributed by atoms with van der Waals surface area (Å²) in [7, 11) is 1.40. The smallest absolute Gasteiger partial charge is 0.269 e. The minimum absolute atomic E-state index is 0.0910. The third-order valence-electron chi connectivity index (χ3n) is 3.79.